The first-order valence-electron chi connectivity index (χ1n) is 3.65. The molecule has 1 nitrogen and oxygen atoms in total. The van der Waals surface area contributed by atoms with Gasteiger partial charge in [0.05, 0.1) is 6.10 Å². The molecule has 0 aromatic heterocycles. The normalized spacial score (nSPS) is 31.2. The quantitative estimate of drug-likeness (QED) is 0.487. The van der Waals surface area contributed by atoms with Crippen molar-refractivity contribution in [3.63, 3.8) is 0 Å². The third-order valence-electron chi connectivity index (χ3n) is 1.29. The highest BCUT2D eigenvalue weighted by atomic mass is 33.5. The molecule has 1 aliphatic heterocycles. The molecule has 0 bridgehead atoms. The van der Waals surface area contributed by atoms with Crippen molar-refractivity contribution in [2.45, 2.75) is 18.9 Å². The van der Waals surface area contributed by atoms with E-state index in [1.54, 1.807) is 20.6 Å². The first-order valence-corrected chi connectivity index (χ1v) is 7.47. The van der Waals surface area contributed by atoms with Crippen LogP contribution >= 0.6 is 31.4 Å². The van der Waals surface area contributed by atoms with Crippen LogP contribution < -0.4 is 0 Å². The number of hydrogen-bond acceptors (Lipinski definition) is 4. The van der Waals surface area contributed by atoms with E-state index in [2.05, 4.69) is 6.08 Å². The van der Waals surface area contributed by atoms with E-state index < -0.39 is 0 Å². The standard InChI is InChI=1S/C7H12OS3/c8-7-4-2-1-3-5-9-11-10-6-7/h2,4,7-8H,1,3,5-6H2/b4-2+. The summed E-state index contributed by atoms with van der Waals surface area (Å²) < 4.78 is 0. The average Bonchev–Trinajstić information content (AvgIpc) is 2.03. The summed E-state index contributed by atoms with van der Waals surface area (Å²) in [5.41, 5.74) is 0. The minimum absolute atomic E-state index is 0.244. The maximum atomic E-state index is 9.30. The molecule has 1 N–H and O–H groups in total. The molecule has 4 heteroatoms. The molecular formula is C7H12OS3. The molecule has 0 spiro atoms. The van der Waals surface area contributed by atoms with Crippen LogP contribution in [0.25, 0.3) is 0 Å². The van der Waals surface area contributed by atoms with Gasteiger partial charge in [-0.15, -0.1) is 0 Å². The number of allylic oxidation sites excluding steroid dienone is 1. The predicted octanol–water partition coefficient (Wildman–Crippen LogP) is 2.73. The van der Waals surface area contributed by atoms with Crippen LogP contribution in [0.15, 0.2) is 12.2 Å². The van der Waals surface area contributed by atoms with E-state index in [1.165, 1.54) is 12.2 Å². The lowest BCUT2D eigenvalue weighted by atomic mass is 10.3. The minimum Gasteiger partial charge on any atom is -0.388 e. The van der Waals surface area contributed by atoms with Gasteiger partial charge in [0.2, 0.25) is 0 Å². The van der Waals surface area contributed by atoms with Gasteiger partial charge in [-0.2, -0.15) is 0 Å². The van der Waals surface area contributed by atoms with Crippen molar-refractivity contribution in [3.05, 3.63) is 12.2 Å². The summed E-state index contributed by atoms with van der Waals surface area (Å²) in [6.45, 7) is 0. The zero-order valence-electron chi connectivity index (χ0n) is 6.23. The molecule has 0 amide bonds. The highest BCUT2D eigenvalue weighted by Crippen LogP contribution is 2.35. The summed E-state index contributed by atoms with van der Waals surface area (Å²) in [5, 5.41) is 9.30. The maximum absolute atomic E-state index is 9.30. The second kappa shape index (κ2) is 6.29. The topological polar surface area (TPSA) is 20.2 Å². The minimum atomic E-state index is -0.244. The van der Waals surface area contributed by atoms with Gasteiger partial charge in [0.15, 0.2) is 0 Å². The molecule has 0 aliphatic carbocycles. The van der Waals surface area contributed by atoms with Crippen molar-refractivity contribution in [3.8, 4) is 0 Å². The van der Waals surface area contributed by atoms with Gasteiger partial charge in [-0.3, -0.25) is 0 Å². The molecule has 64 valence electrons. The number of rotatable bonds is 0. The molecule has 0 aromatic rings. The third kappa shape index (κ3) is 5.06. The molecule has 0 radical (unpaired) electrons. The van der Waals surface area contributed by atoms with E-state index in [-0.39, 0.29) is 6.10 Å². The molecule has 0 aromatic carbocycles. The van der Waals surface area contributed by atoms with E-state index in [0.717, 1.165) is 12.2 Å². The fourth-order valence-corrected chi connectivity index (χ4v) is 4.53. The Balaban J connectivity index is 2.26. The Morgan fingerprint density at radius 3 is 3.18 bits per heavy atom. The first kappa shape index (κ1) is 9.84. The van der Waals surface area contributed by atoms with Gasteiger partial charge in [0, 0.05) is 11.5 Å². The van der Waals surface area contributed by atoms with Gasteiger partial charge in [-0.1, -0.05) is 33.7 Å². The predicted molar refractivity (Wildman–Crippen MR) is 56.9 cm³/mol. The Hall–Kier alpha value is 0.750. The van der Waals surface area contributed by atoms with Gasteiger partial charge in [-0.05, 0) is 22.7 Å². The zero-order chi connectivity index (χ0) is 7.94. The number of aliphatic hydroxyl groups excluding tert-OH is 1. The summed E-state index contributed by atoms with van der Waals surface area (Å²) in [7, 11) is 5.42. The summed E-state index contributed by atoms with van der Waals surface area (Å²) in [6, 6.07) is 0. The number of aliphatic hydroxyl groups is 1. The lowest BCUT2D eigenvalue weighted by Gasteiger charge is -2.06. The Bertz CT molecular complexity index is 127. The number of hydrogen-bond donors (Lipinski definition) is 1. The Labute approximate surface area is 79.2 Å². The van der Waals surface area contributed by atoms with Crippen molar-refractivity contribution >= 4 is 31.4 Å². The summed E-state index contributed by atoms with van der Waals surface area (Å²) >= 11 is 0. The second-order valence-corrected chi connectivity index (χ2v) is 6.71. The van der Waals surface area contributed by atoms with Gasteiger partial charge in [0.25, 0.3) is 0 Å². The van der Waals surface area contributed by atoms with Crippen molar-refractivity contribution < 1.29 is 5.11 Å². The van der Waals surface area contributed by atoms with E-state index in [0.29, 0.717) is 0 Å². The van der Waals surface area contributed by atoms with Gasteiger partial charge in [-0.25, -0.2) is 0 Å². The maximum Gasteiger partial charge on any atom is 0.0819 e. The Kier molecular flexibility index (Phi) is 5.62. The van der Waals surface area contributed by atoms with Crippen LogP contribution in [0.1, 0.15) is 12.8 Å². The van der Waals surface area contributed by atoms with Crippen LogP contribution in [0.4, 0.5) is 0 Å². The average molecular weight is 208 g/mol. The molecule has 1 atom stereocenters. The monoisotopic (exact) mass is 208 g/mol. The van der Waals surface area contributed by atoms with Crippen LogP contribution in [0.5, 0.6) is 0 Å². The van der Waals surface area contributed by atoms with Crippen LogP contribution in [0.3, 0.4) is 0 Å². The fourth-order valence-electron chi connectivity index (χ4n) is 0.735. The fraction of sp³-hybridized carbons (Fsp3) is 0.714. The lowest BCUT2D eigenvalue weighted by molar-refractivity contribution is 0.248. The lowest BCUT2D eigenvalue weighted by Crippen LogP contribution is -2.04. The van der Waals surface area contributed by atoms with Crippen LogP contribution in [0.2, 0.25) is 0 Å². The molecule has 1 aliphatic rings. The van der Waals surface area contributed by atoms with Crippen molar-refractivity contribution in [1.29, 1.82) is 0 Å². The van der Waals surface area contributed by atoms with Crippen LogP contribution in [-0.2, 0) is 0 Å². The summed E-state index contributed by atoms with van der Waals surface area (Å²) in [6.07, 6.45) is 6.08. The van der Waals surface area contributed by atoms with Gasteiger partial charge in [0.1, 0.15) is 0 Å². The molecule has 1 heterocycles. The summed E-state index contributed by atoms with van der Waals surface area (Å²) in [4.78, 5) is 0. The van der Waals surface area contributed by atoms with Crippen molar-refractivity contribution in [2.75, 3.05) is 11.5 Å². The SMILES string of the molecule is OC1/C=C/CCCSSSC1. The van der Waals surface area contributed by atoms with Gasteiger partial charge >= 0.3 is 0 Å². The highest BCUT2D eigenvalue weighted by molar-refractivity contribution is 9.09. The smallest absolute Gasteiger partial charge is 0.0819 e. The van der Waals surface area contributed by atoms with Crippen LogP contribution in [-0.4, -0.2) is 22.7 Å². The third-order valence-corrected chi connectivity index (χ3v) is 5.63. The second-order valence-electron chi connectivity index (χ2n) is 2.31. The highest BCUT2D eigenvalue weighted by Gasteiger charge is 2.01. The van der Waals surface area contributed by atoms with Crippen LogP contribution in [0, 0.1) is 0 Å². The molecule has 0 fully saturated rings. The molecule has 1 unspecified atom stereocenters. The Morgan fingerprint density at radius 1 is 1.36 bits per heavy atom. The molecule has 1 rings (SSSR count). The molecule has 0 saturated heterocycles. The van der Waals surface area contributed by atoms with E-state index >= 15 is 0 Å². The molecule has 11 heavy (non-hydrogen) atoms. The largest absolute Gasteiger partial charge is 0.388 e. The van der Waals surface area contributed by atoms with Crippen molar-refractivity contribution in [1.82, 2.24) is 0 Å². The first-order chi connectivity index (χ1) is 5.39. The molecular weight excluding hydrogens is 196 g/mol. The zero-order valence-corrected chi connectivity index (χ0v) is 8.68. The van der Waals surface area contributed by atoms with E-state index in [4.69, 9.17) is 0 Å². The molecule has 0 saturated carbocycles. The van der Waals surface area contributed by atoms with E-state index in [9.17, 15) is 5.11 Å². The summed E-state index contributed by atoms with van der Waals surface area (Å²) in [5.74, 6) is 2.03. The van der Waals surface area contributed by atoms with E-state index in [1.807, 2.05) is 16.9 Å². The van der Waals surface area contributed by atoms with Gasteiger partial charge < -0.3 is 5.11 Å². The van der Waals surface area contributed by atoms with Crippen molar-refractivity contribution in [2.24, 2.45) is 0 Å². The Morgan fingerprint density at radius 2 is 2.27 bits per heavy atom.